The number of carbonyl (C=O) groups excluding carboxylic acids is 2. The summed E-state index contributed by atoms with van der Waals surface area (Å²) in [4.78, 5) is 34.0. The number of fused-ring (bicyclic) bond motifs is 1. The number of ketones is 1. The van der Waals surface area contributed by atoms with E-state index in [0.717, 1.165) is 31.6 Å². The Bertz CT molecular complexity index is 809. The van der Waals surface area contributed by atoms with Gasteiger partial charge in [-0.1, -0.05) is 25.1 Å². The van der Waals surface area contributed by atoms with E-state index >= 15 is 0 Å². The molecule has 0 unspecified atom stereocenters. The molecule has 3 heterocycles. The van der Waals surface area contributed by atoms with Gasteiger partial charge in [-0.05, 0) is 24.5 Å². The molecule has 4 rings (SSSR count). The van der Waals surface area contributed by atoms with Crippen molar-refractivity contribution >= 4 is 23.1 Å². The summed E-state index contributed by atoms with van der Waals surface area (Å²) in [5, 5.41) is 0. The first-order valence-electron chi connectivity index (χ1n) is 9.69. The highest BCUT2D eigenvalue weighted by atomic mass is 16.5. The minimum absolute atomic E-state index is 0.0168. The van der Waals surface area contributed by atoms with Gasteiger partial charge in [0.25, 0.3) is 0 Å². The summed E-state index contributed by atoms with van der Waals surface area (Å²) in [7, 11) is 0. The summed E-state index contributed by atoms with van der Waals surface area (Å²) >= 11 is 0. The minimum atomic E-state index is 0.0168. The quantitative estimate of drug-likeness (QED) is 0.819. The second-order valence-corrected chi connectivity index (χ2v) is 7.26. The monoisotopic (exact) mass is 367 g/mol. The van der Waals surface area contributed by atoms with Gasteiger partial charge in [-0.25, -0.2) is 4.99 Å². The molecule has 0 aromatic heterocycles. The summed E-state index contributed by atoms with van der Waals surface area (Å²) in [5.41, 5.74) is 2.88. The second-order valence-electron chi connectivity index (χ2n) is 7.26. The molecule has 0 saturated carbocycles. The van der Waals surface area contributed by atoms with E-state index in [9.17, 15) is 9.59 Å². The number of morpholine rings is 1. The molecule has 1 fully saturated rings. The molecule has 6 heteroatoms. The van der Waals surface area contributed by atoms with Crippen LogP contribution in [-0.4, -0.2) is 54.6 Å². The zero-order valence-corrected chi connectivity index (χ0v) is 15.7. The molecule has 0 radical (unpaired) electrons. The molecular weight excluding hydrogens is 342 g/mol. The third-order valence-electron chi connectivity index (χ3n) is 5.44. The first-order valence-corrected chi connectivity index (χ1v) is 9.69. The van der Waals surface area contributed by atoms with Gasteiger partial charge in [-0.15, -0.1) is 0 Å². The van der Waals surface area contributed by atoms with E-state index in [-0.39, 0.29) is 30.6 Å². The summed E-state index contributed by atoms with van der Waals surface area (Å²) < 4.78 is 5.37. The number of para-hydroxylation sites is 1. The summed E-state index contributed by atoms with van der Waals surface area (Å²) in [5.74, 6) is 0.718. The first kappa shape index (κ1) is 17.9. The van der Waals surface area contributed by atoms with Crippen molar-refractivity contribution in [2.75, 3.05) is 31.2 Å². The maximum Gasteiger partial charge on any atom is 0.232 e. The number of amides is 1. The highest BCUT2D eigenvalue weighted by molar-refractivity contribution is 6.16. The van der Waals surface area contributed by atoms with Gasteiger partial charge in [0.2, 0.25) is 5.91 Å². The molecule has 27 heavy (non-hydrogen) atoms. The van der Waals surface area contributed by atoms with Gasteiger partial charge in [0.05, 0.1) is 19.6 Å². The normalized spacial score (nSPS) is 22.4. The Morgan fingerprint density at radius 2 is 2.04 bits per heavy atom. The summed E-state index contributed by atoms with van der Waals surface area (Å²) in [6.07, 6.45) is 3.82. The molecule has 1 saturated heterocycles. The van der Waals surface area contributed by atoms with Gasteiger partial charge in [0.15, 0.2) is 5.78 Å². The van der Waals surface area contributed by atoms with Crippen LogP contribution in [0.25, 0.3) is 0 Å². The highest BCUT2D eigenvalue weighted by Gasteiger charge is 2.33. The lowest BCUT2D eigenvalue weighted by Crippen LogP contribution is -2.39. The highest BCUT2D eigenvalue weighted by Crippen LogP contribution is 2.34. The number of anilines is 1. The van der Waals surface area contributed by atoms with Gasteiger partial charge in [0.1, 0.15) is 5.82 Å². The Morgan fingerprint density at radius 3 is 2.81 bits per heavy atom. The lowest BCUT2D eigenvalue weighted by Gasteiger charge is -2.30. The standard InChI is InChI=1S/C21H25N3O3/c1-2-17-11-15-5-3-4-6-19(15)24(17)21(26)13-16-12-18(25)14-20(22-16)23-7-9-27-10-8-23/h3-6,14,17H,2,7-13H2,1H3/t17-/m1/s1. The lowest BCUT2D eigenvalue weighted by molar-refractivity contribution is -0.117. The van der Waals surface area contributed by atoms with Gasteiger partial charge in [-0.2, -0.15) is 0 Å². The van der Waals surface area contributed by atoms with Crippen LogP contribution in [0.4, 0.5) is 5.69 Å². The second kappa shape index (κ2) is 7.64. The maximum atomic E-state index is 13.1. The van der Waals surface area contributed by atoms with Crippen molar-refractivity contribution in [1.29, 1.82) is 0 Å². The fraction of sp³-hybridized carbons (Fsp3) is 0.476. The van der Waals surface area contributed by atoms with Crippen LogP contribution < -0.4 is 4.90 Å². The summed E-state index contributed by atoms with van der Waals surface area (Å²) in [6, 6.07) is 8.27. The summed E-state index contributed by atoms with van der Waals surface area (Å²) in [6.45, 7) is 4.83. The van der Waals surface area contributed by atoms with Gasteiger partial charge in [-0.3, -0.25) is 9.59 Å². The molecule has 0 spiro atoms. The topological polar surface area (TPSA) is 62.2 Å². The van der Waals surface area contributed by atoms with Crippen molar-refractivity contribution in [1.82, 2.24) is 4.90 Å². The van der Waals surface area contributed by atoms with Crippen molar-refractivity contribution < 1.29 is 14.3 Å². The predicted octanol–water partition coefficient (Wildman–Crippen LogP) is 2.33. The molecule has 0 bridgehead atoms. The van der Waals surface area contributed by atoms with Crippen LogP contribution in [0.1, 0.15) is 31.7 Å². The Kier molecular flexibility index (Phi) is 5.07. The zero-order chi connectivity index (χ0) is 18.8. The number of benzene rings is 1. The average Bonchev–Trinajstić information content (AvgIpc) is 3.07. The van der Waals surface area contributed by atoms with Gasteiger partial charge < -0.3 is 14.5 Å². The third-order valence-corrected chi connectivity index (χ3v) is 5.44. The van der Waals surface area contributed by atoms with Crippen molar-refractivity contribution in [3.05, 3.63) is 41.7 Å². The van der Waals surface area contributed by atoms with E-state index in [1.54, 1.807) is 6.08 Å². The van der Waals surface area contributed by atoms with Gasteiger partial charge in [0, 0.05) is 43.0 Å². The zero-order valence-electron chi connectivity index (χ0n) is 15.7. The largest absolute Gasteiger partial charge is 0.378 e. The molecule has 6 nitrogen and oxygen atoms in total. The molecule has 1 aromatic rings. The molecular formula is C21H25N3O3. The Labute approximate surface area is 159 Å². The first-order chi connectivity index (χ1) is 13.2. The Balaban J connectivity index is 1.52. The van der Waals surface area contributed by atoms with Crippen LogP contribution in [0.5, 0.6) is 0 Å². The van der Waals surface area contributed by atoms with E-state index in [0.29, 0.717) is 24.7 Å². The number of allylic oxidation sites excluding steroid dienone is 1. The number of ether oxygens (including phenoxy) is 1. The van der Waals surface area contributed by atoms with E-state index in [4.69, 9.17) is 4.74 Å². The van der Waals surface area contributed by atoms with Crippen LogP contribution >= 0.6 is 0 Å². The smallest absolute Gasteiger partial charge is 0.232 e. The fourth-order valence-electron chi connectivity index (χ4n) is 4.07. The van der Waals surface area contributed by atoms with Crippen molar-refractivity contribution in [3.63, 3.8) is 0 Å². The van der Waals surface area contributed by atoms with Crippen LogP contribution in [0.2, 0.25) is 0 Å². The molecule has 1 atom stereocenters. The molecule has 0 N–H and O–H groups in total. The molecule has 142 valence electrons. The van der Waals surface area contributed by atoms with Crippen LogP contribution in [0.3, 0.4) is 0 Å². The number of rotatable bonds is 4. The molecule has 3 aliphatic rings. The van der Waals surface area contributed by atoms with Crippen molar-refractivity contribution in [3.8, 4) is 0 Å². The van der Waals surface area contributed by atoms with Gasteiger partial charge >= 0.3 is 0 Å². The number of hydrogen-bond donors (Lipinski definition) is 0. The van der Waals surface area contributed by atoms with E-state index in [1.165, 1.54) is 5.56 Å². The number of aliphatic imine (C=N–C) groups is 1. The van der Waals surface area contributed by atoms with E-state index in [1.807, 2.05) is 23.1 Å². The van der Waals surface area contributed by atoms with Crippen molar-refractivity contribution in [2.45, 2.75) is 38.6 Å². The Hall–Kier alpha value is -2.47. The maximum absolute atomic E-state index is 13.1. The number of nitrogens with zero attached hydrogens (tertiary/aromatic N) is 3. The molecule has 1 amide bonds. The average molecular weight is 367 g/mol. The third kappa shape index (κ3) is 3.67. The SMILES string of the molecule is CC[C@@H]1Cc2ccccc2N1C(=O)CC1=NC(N2CCOCC2)=CC(=O)C1. The number of hydrogen-bond acceptors (Lipinski definition) is 5. The molecule has 1 aromatic carbocycles. The molecule has 3 aliphatic heterocycles. The van der Waals surface area contributed by atoms with Crippen LogP contribution in [0, 0.1) is 0 Å². The van der Waals surface area contributed by atoms with E-state index in [2.05, 4.69) is 22.9 Å². The fourth-order valence-corrected chi connectivity index (χ4v) is 4.07. The number of carbonyl (C=O) groups is 2. The van der Waals surface area contributed by atoms with Crippen molar-refractivity contribution in [2.24, 2.45) is 4.99 Å². The Morgan fingerprint density at radius 1 is 1.26 bits per heavy atom. The molecule has 0 aliphatic carbocycles. The minimum Gasteiger partial charge on any atom is -0.378 e. The lowest BCUT2D eigenvalue weighted by atomic mass is 10.1. The van der Waals surface area contributed by atoms with Crippen LogP contribution in [0.15, 0.2) is 41.2 Å². The van der Waals surface area contributed by atoms with E-state index < -0.39 is 0 Å². The van der Waals surface area contributed by atoms with Crippen LogP contribution in [-0.2, 0) is 20.7 Å². The predicted molar refractivity (Wildman–Crippen MR) is 104 cm³/mol.